The molecular formula is C20H21F4N3O4S. The second-order valence-electron chi connectivity index (χ2n) is 6.61. The Morgan fingerprint density at radius 3 is 2.53 bits per heavy atom. The van der Waals surface area contributed by atoms with Crippen LogP contribution in [0.3, 0.4) is 0 Å². The predicted octanol–water partition coefficient (Wildman–Crippen LogP) is 3.48. The van der Waals surface area contributed by atoms with Crippen molar-refractivity contribution in [2.45, 2.75) is 26.3 Å². The number of sulfonamides is 1. The van der Waals surface area contributed by atoms with Gasteiger partial charge in [-0.1, -0.05) is 12.1 Å². The van der Waals surface area contributed by atoms with Crippen LogP contribution in [-0.2, 0) is 38.9 Å². The number of carbonyl (C=O) groups is 1. The Kier molecular flexibility index (Phi) is 8.33. The number of rotatable bonds is 9. The molecule has 0 saturated carbocycles. The maximum Gasteiger partial charge on any atom is 0.433 e. The maximum atomic E-state index is 14.0. The average Bonchev–Trinajstić information content (AvgIpc) is 2.69. The smallest absolute Gasteiger partial charge is 0.375 e. The van der Waals surface area contributed by atoms with Crippen molar-refractivity contribution in [3.05, 3.63) is 64.7 Å². The van der Waals surface area contributed by atoms with E-state index in [1.165, 1.54) is 24.3 Å². The Morgan fingerprint density at radius 2 is 1.94 bits per heavy atom. The van der Waals surface area contributed by atoms with Crippen LogP contribution in [0.5, 0.6) is 0 Å². The van der Waals surface area contributed by atoms with E-state index in [9.17, 15) is 30.8 Å². The summed E-state index contributed by atoms with van der Waals surface area (Å²) in [4.78, 5) is 15.6. The summed E-state index contributed by atoms with van der Waals surface area (Å²) >= 11 is 0. The fourth-order valence-electron chi connectivity index (χ4n) is 2.50. The summed E-state index contributed by atoms with van der Waals surface area (Å²) in [6.07, 6.45) is -1.31. The van der Waals surface area contributed by atoms with Gasteiger partial charge in [0.05, 0.1) is 24.2 Å². The second kappa shape index (κ2) is 10.6. The third-order valence-corrected chi connectivity index (χ3v) is 4.54. The molecule has 7 nitrogen and oxygen atoms in total. The number of alkyl halides is 3. The number of anilines is 1. The number of pyridine rings is 1. The zero-order valence-corrected chi connectivity index (χ0v) is 18.0. The fourth-order valence-corrected chi connectivity index (χ4v) is 3.07. The molecule has 0 atom stereocenters. The van der Waals surface area contributed by atoms with E-state index < -0.39 is 33.6 Å². The minimum Gasteiger partial charge on any atom is -0.375 e. The number of amides is 1. The molecule has 0 unspecified atom stereocenters. The van der Waals surface area contributed by atoms with Gasteiger partial charge in [0.2, 0.25) is 15.9 Å². The topological polar surface area (TPSA) is 97.4 Å². The molecule has 0 spiro atoms. The van der Waals surface area contributed by atoms with Crippen molar-refractivity contribution >= 4 is 27.7 Å². The number of nitrogens with one attached hydrogen (secondary N) is 2. The van der Waals surface area contributed by atoms with Gasteiger partial charge in [0.1, 0.15) is 11.5 Å². The van der Waals surface area contributed by atoms with Crippen LogP contribution in [0.15, 0.2) is 36.4 Å². The predicted molar refractivity (Wildman–Crippen MR) is 110 cm³/mol. The summed E-state index contributed by atoms with van der Waals surface area (Å²) < 4.78 is 82.2. The van der Waals surface area contributed by atoms with Crippen LogP contribution in [0.4, 0.5) is 23.2 Å². The van der Waals surface area contributed by atoms with Crippen molar-refractivity contribution in [3.63, 3.8) is 0 Å². The summed E-state index contributed by atoms with van der Waals surface area (Å²) in [6.45, 7) is 1.74. The van der Waals surface area contributed by atoms with Gasteiger partial charge in [0, 0.05) is 19.2 Å². The minimum atomic E-state index is -4.61. The SMILES string of the molecule is CCOCc1nc(C(F)(F)F)ccc1/C=C\C(=O)NCc1ccc(NS(C)(=O)=O)c(F)c1. The molecule has 1 amide bonds. The lowest BCUT2D eigenvalue weighted by molar-refractivity contribution is -0.141. The van der Waals surface area contributed by atoms with Crippen LogP contribution in [0.25, 0.3) is 6.08 Å². The Bertz CT molecular complexity index is 1100. The van der Waals surface area contributed by atoms with E-state index in [4.69, 9.17) is 4.74 Å². The molecule has 0 aliphatic heterocycles. The molecule has 0 saturated heterocycles. The molecule has 0 aliphatic carbocycles. The van der Waals surface area contributed by atoms with Crippen LogP contribution in [0.2, 0.25) is 0 Å². The van der Waals surface area contributed by atoms with Gasteiger partial charge in [-0.3, -0.25) is 9.52 Å². The number of benzene rings is 1. The number of aromatic nitrogens is 1. The first-order chi connectivity index (χ1) is 14.9. The van der Waals surface area contributed by atoms with E-state index in [-0.39, 0.29) is 36.7 Å². The van der Waals surface area contributed by atoms with Gasteiger partial charge in [0.25, 0.3) is 0 Å². The number of hydrogen-bond acceptors (Lipinski definition) is 5. The van der Waals surface area contributed by atoms with E-state index in [0.29, 0.717) is 5.56 Å². The number of halogens is 4. The van der Waals surface area contributed by atoms with Crippen LogP contribution >= 0.6 is 0 Å². The van der Waals surface area contributed by atoms with Gasteiger partial charge in [-0.25, -0.2) is 17.8 Å². The lowest BCUT2D eigenvalue weighted by atomic mass is 10.1. The van der Waals surface area contributed by atoms with Crippen LogP contribution in [0, 0.1) is 5.82 Å². The van der Waals surface area contributed by atoms with Gasteiger partial charge in [-0.2, -0.15) is 13.2 Å². The van der Waals surface area contributed by atoms with Crippen LogP contribution in [-0.4, -0.2) is 32.2 Å². The molecule has 0 aliphatic rings. The zero-order valence-electron chi connectivity index (χ0n) is 17.2. The monoisotopic (exact) mass is 475 g/mol. The highest BCUT2D eigenvalue weighted by Crippen LogP contribution is 2.28. The Hall–Kier alpha value is -2.99. The molecule has 2 aromatic rings. The fraction of sp³-hybridized carbons (Fsp3) is 0.300. The standard InChI is InChI=1S/C20H21F4N3O4S/c1-3-31-12-17-14(5-8-18(26-17)20(22,23)24)6-9-19(28)25-11-13-4-7-16(15(21)10-13)27-32(2,29)30/h4-10,27H,3,11-12H2,1-2H3,(H,25,28)/b9-6-. The molecule has 174 valence electrons. The highest BCUT2D eigenvalue weighted by Gasteiger charge is 2.32. The molecule has 2 N–H and O–H groups in total. The minimum absolute atomic E-state index is 0.0294. The maximum absolute atomic E-state index is 14.0. The van der Waals surface area contributed by atoms with Gasteiger partial charge in [-0.05, 0) is 42.3 Å². The van der Waals surface area contributed by atoms with Crippen molar-refractivity contribution in [2.75, 3.05) is 17.6 Å². The lowest BCUT2D eigenvalue weighted by Crippen LogP contribution is -2.20. The molecule has 0 radical (unpaired) electrons. The van der Waals surface area contributed by atoms with Gasteiger partial charge in [-0.15, -0.1) is 0 Å². The van der Waals surface area contributed by atoms with E-state index in [1.807, 2.05) is 4.72 Å². The molecule has 1 aromatic carbocycles. The Morgan fingerprint density at radius 1 is 1.22 bits per heavy atom. The Balaban J connectivity index is 2.06. The molecule has 12 heteroatoms. The summed E-state index contributed by atoms with van der Waals surface area (Å²) in [7, 11) is -3.64. The first-order valence-electron chi connectivity index (χ1n) is 9.26. The molecule has 0 fully saturated rings. The van der Waals surface area contributed by atoms with Crippen molar-refractivity contribution in [1.82, 2.24) is 10.3 Å². The third kappa shape index (κ3) is 7.93. The first kappa shape index (κ1) is 25.3. The number of carbonyl (C=O) groups excluding carboxylic acids is 1. The van der Waals surface area contributed by atoms with Gasteiger partial charge >= 0.3 is 6.18 Å². The highest BCUT2D eigenvalue weighted by molar-refractivity contribution is 7.92. The second-order valence-corrected chi connectivity index (χ2v) is 8.36. The van der Waals surface area contributed by atoms with Crippen LogP contribution < -0.4 is 10.0 Å². The largest absolute Gasteiger partial charge is 0.433 e. The van der Waals surface area contributed by atoms with Crippen molar-refractivity contribution in [1.29, 1.82) is 0 Å². The first-order valence-corrected chi connectivity index (χ1v) is 11.1. The van der Waals surface area contributed by atoms with Gasteiger partial charge in [0.15, 0.2) is 0 Å². The summed E-state index contributed by atoms with van der Waals surface area (Å²) in [6, 6.07) is 5.72. The summed E-state index contributed by atoms with van der Waals surface area (Å²) in [5.74, 6) is -1.39. The van der Waals surface area contributed by atoms with Crippen molar-refractivity contribution in [3.8, 4) is 0 Å². The number of nitrogens with zero attached hydrogens (tertiary/aromatic N) is 1. The number of hydrogen-bond donors (Lipinski definition) is 2. The van der Waals surface area contributed by atoms with Gasteiger partial charge < -0.3 is 10.1 Å². The molecule has 2 rings (SSSR count). The normalized spacial score (nSPS) is 12.2. The zero-order chi connectivity index (χ0) is 23.9. The van der Waals surface area contributed by atoms with Crippen molar-refractivity contribution < 1.29 is 35.5 Å². The van der Waals surface area contributed by atoms with E-state index in [1.54, 1.807) is 6.92 Å². The molecule has 0 bridgehead atoms. The average molecular weight is 475 g/mol. The highest BCUT2D eigenvalue weighted by atomic mass is 32.2. The summed E-state index contributed by atoms with van der Waals surface area (Å²) in [5.41, 5.74) is -0.606. The molecule has 32 heavy (non-hydrogen) atoms. The number of ether oxygens (including phenoxy) is 1. The molecule has 1 aromatic heterocycles. The third-order valence-electron chi connectivity index (χ3n) is 3.95. The van der Waals surface area contributed by atoms with E-state index in [0.717, 1.165) is 24.5 Å². The molecule has 1 heterocycles. The van der Waals surface area contributed by atoms with Crippen molar-refractivity contribution in [2.24, 2.45) is 0 Å². The van der Waals surface area contributed by atoms with E-state index in [2.05, 4.69) is 10.3 Å². The molecular weight excluding hydrogens is 454 g/mol. The quantitative estimate of drug-likeness (QED) is 0.428. The Labute approximate surface area is 182 Å². The summed E-state index contributed by atoms with van der Waals surface area (Å²) in [5, 5.41) is 2.50. The van der Waals surface area contributed by atoms with Crippen LogP contribution in [0.1, 0.15) is 29.4 Å². The lowest BCUT2D eigenvalue weighted by Gasteiger charge is -2.11. The van der Waals surface area contributed by atoms with E-state index >= 15 is 0 Å².